The molecule has 16 nitrogen and oxygen atoms in total. The van der Waals surface area contributed by atoms with Gasteiger partial charge in [-0.05, 0) is 208 Å². The highest BCUT2D eigenvalue weighted by Gasteiger charge is 2.68. The quantitative estimate of drug-likeness (QED) is 0.129. The minimum atomic E-state index is -0.989. The van der Waals surface area contributed by atoms with E-state index < -0.39 is 17.0 Å². The number of methoxy groups -OCH3 is 1. The van der Waals surface area contributed by atoms with Crippen molar-refractivity contribution in [1.29, 1.82) is 5.26 Å². The van der Waals surface area contributed by atoms with E-state index in [4.69, 9.17) is 46.6 Å². The van der Waals surface area contributed by atoms with Gasteiger partial charge in [-0.1, -0.05) is 129 Å². The monoisotopic (exact) mass is 1370 g/mol. The number of hydrogen-bond acceptors (Lipinski definition) is 15. The molecule has 6 spiro atoms. The van der Waals surface area contributed by atoms with Crippen molar-refractivity contribution in [2.45, 2.75) is 139 Å². The number of ether oxygens (including phenoxy) is 1. The first kappa shape index (κ1) is 62.6. The minimum absolute atomic E-state index is 0.0152. The van der Waals surface area contributed by atoms with Crippen molar-refractivity contribution >= 4 is 55.6 Å². The first-order valence-corrected chi connectivity index (χ1v) is 34.4. The van der Waals surface area contributed by atoms with Crippen molar-refractivity contribution in [1.82, 2.24) is 25.0 Å². The number of rotatable bonds is 8. The summed E-state index contributed by atoms with van der Waals surface area (Å²) < 4.78 is 7.61. The van der Waals surface area contributed by atoms with Gasteiger partial charge in [-0.2, -0.15) is 5.26 Å². The summed E-state index contributed by atoms with van der Waals surface area (Å²) in [4.78, 5) is 52.0. The zero-order valence-corrected chi connectivity index (χ0v) is 56.3. The largest absolute Gasteiger partial charge is 0.381 e. The Morgan fingerprint density at radius 2 is 1.09 bits per heavy atom. The second-order valence-electron chi connectivity index (χ2n) is 27.4. The van der Waals surface area contributed by atoms with Crippen LogP contribution < -0.4 is 17.2 Å². The van der Waals surface area contributed by atoms with Crippen molar-refractivity contribution in [3.8, 4) is 17.2 Å². The Morgan fingerprint density at radius 1 is 0.581 bits per heavy atom. The molecule has 0 saturated heterocycles. The Morgan fingerprint density at radius 3 is 1.60 bits per heavy atom. The van der Waals surface area contributed by atoms with Gasteiger partial charge < -0.3 is 21.9 Å². The number of fused-ring (bicyclic) bond motifs is 9. The molecular formula is C75H80Br2N12O4. The van der Waals surface area contributed by atoms with Crippen molar-refractivity contribution in [2.24, 2.45) is 60.3 Å². The summed E-state index contributed by atoms with van der Waals surface area (Å²) in [5.41, 5.74) is 29.4. The maximum atomic E-state index is 14.1. The first-order valence-electron chi connectivity index (χ1n) is 32.8. The third-order valence-corrected chi connectivity index (χ3v) is 23.3. The number of halogens is 2. The summed E-state index contributed by atoms with van der Waals surface area (Å²) in [7, 11) is 5.47. The van der Waals surface area contributed by atoms with Gasteiger partial charge in [0.1, 0.15) is 0 Å². The minimum Gasteiger partial charge on any atom is -0.381 e. The van der Waals surface area contributed by atoms with E-state index in [9.17, 15) is 10.1 Å². The van der Waals surface area contributed by atoms with Gasteiger partial charge >= 0.3 is 0 Å². The number of benzene rings is 6. The number of hydroxylamine groups is 4. The van der Waals surface area contributed by atoms with E-state index >= 15 is 0 Å². The Balaban J connectivity index is 0.000000122. The first-order chi connectivity index (χ1) is 45.0. The van der Waals surface area contributed by atoms with Crippen LogP contribution in [0.5, 0.6) is 0 Å². The number of carbonyl (C=O) groups is 1. The summed E-state index contributed by atoms with van der Waals surface area (Å²) in [6, 6.07) is 51.0. The van der Waals surface area contributed by atoms with E-state index in [-0.39, 0.29) is 40.8 Å². The number of amides is 1. The lowest BCUT2D eigenvalue weighted by molar-refractivity contribution is -0.230. The Kier molecular flexibility index (Phi) is 16.7. The van der Waals surface area contributed by atoms with Gasteiger partial charge in [0.2, 0.25) is 23.4 Å². The molecule has 3 atom stereocenters. The second kappa shape index (κ2) is 24.8. The molecule has 3 saturated carbocycles. The molecule has 7 aromatic rings. The number of guanidine groups is 3. The summed E-state index contributed by atoms with van der Waals surface area (Å²) >= 11 is 7.23. The van der Waals surface area contributed by atoms with Crippen LogP contribution in [-0.2, 0) is 74.8 Å². The van der Waals surface area contributed by atoms with Gasteiger partial charge in [0, 0.05) is 69.9 Å². The number of aliphatic imine (C=N–C) groups is 3. The lowest BCUT2D eigenvalue weighted by Crippen LogP contribution is -2.52. The number of nitrogens with two attached hydrogens (primary N) is 3. The summed E-state index contributed by atoms with van der Waals surface area (Å²) in [5, 5.41) is 12.6. The Bertz CT molecular complexity index is 4100. The van der Waals surface area contributed by atoms with Gasteiger partial charge in [-0.15, -0.1) is 0 Å². The second-order valence-corrected chi connectivity index (χ2v) is 29.2. The highest BCUT2D eigenvalue weighted by molar-refractivity contribution is 9.10. The molecule has 0 radical (unpaired) electrons. The molecule has 1 aromatic heterocycles. The third kappa shape index (κ3) is 10.9. The average Bonchev–Trinajstić information content (AvgIpc) is 1.55. The van der Waals surface area contributed by atoms with Gasteiger partial charge in [0.15, 0.2) is 11.5 Å². The third-order valence-electron chi connectivity index (χ3n) is 22.3. The maximum absolute atomic E-state index is 14.1. The van der Waals surface area contributed by atoms with Gasteiger partial charge in [0.05, 0.1) is 36.2 Å². The fourth-order valence-electron chi connectivity index (χ4n) is 17.6. The molecule has 9 aliphatic rings. The van der Waals surface area contributed by atoms with E-state index in [0.29, 0.717) is 29.1 Å². The average molecular weight is 1370 g/mol. The molecule has 3 aliphatic heterocycles. The molecule has 478 valence electrons. The van der Waals surface area contributed by atoms with Gasteiger partial charge in [0.25, 0.3) is 5.91 Å². The SMILES string of the molecule is CN1OC2(N=C1N)c1cc(-c3cccc(C#N)c3)ccc1CC21CCC(Cc2ccccc2)CC1.CN1OC2(N=C1N)c1cc(Br)ccc1CC21CCC(Cc2ccccc2)CC1.COC1CCC2(CC1)Cc1ccc(Br)cc1[C@@]21N=C(N)N(Cc2cnccn2)C1=O. The van der Waals surface area contributed by atoms with E-state index in [2.05, 4.69) is 151 Å². The molecule has 93 heavy (non-hydrogen) atoms. The number of carbonyl (C=O) groups excluding carboxylic acids is 1. The lowest BCUT2D eigenvalue weighted by atomic mass is 9.61. The van der Waals surface area contributed by atoms with Crippen LogP contribution in [0.2, 0.25) is 0 Å². The van der Waals surface area contributed by atoms with Crippen LogP contribution in [0.1, 0.15) is 133 Å². The molecule has 3 fully saturated rings. The van der Waals surface area contributed by atoms with Crippen LogP contribution in [0, 0.1) is 39.4 Å². The van der Waals surface area contributed by atoms with E-state index in [1.165, 1.54) is 46.2 Å². The normalized spacial score (nSPS) is 29.4. The number of hydrogen-bond donors (Lipinski definition) is 3. The van der Waals surface area contributed by atoms with Crippen LogP contribution in [0.3, 0.4) is 0 Å². The summed E-state index contributed by atoms with van der Waals surface area (Å²) in [6.45, 7) is 0.268. The molecule has 16 rings (SSSR count). The molecule has 18 heteroatoms. The Labute approximate surface area is 561 Å². The molecule has 1 amide bonds. The van der Waals surface area contributed by atoms with Crippen LogP contribution in [-0.4, -0.2) is 76.1 Å². The summed E-state index contributed by atoms with van der Waals surface area (Å²) in [5.74, 6) is 2.50. The van der Waals surface area contributed by atoms with E-state index in [1.807, 2.05) is 50.5 Å². The van der Waals surface area contributed by atoms with Crippen LogP contribution >= 0.6 is 31.9 Å². The topological polar surface area (TPSA) is 219 Å². The molecule has 6 N–H and O–H groups in total. The van der Waals surface area contributed by atoms with Crippen molar-refractivity contribution in [2.75, 3.05) is 21.2 Å². The highest BCUT2D eigenvalue weighted by Crippen LogP contribution is 2.66. The van der Waals surface area contributed by atoms with E-state index in [1.54, 1.807) is 40.7 Å². The highest BCUT2D eigenvalue weighted by atomic mass is 79.9. The van der Waals surface area contributed by atoms with Crippen molar-refractivity contribution in [3.05, 3.63) is 223 Å². The predicted octanol–water partition coefficient (Wildman–Crippen LogP) is 13.2. The smallest absolute Gasteiger partial charge is 0.262 e. The zero-order valence-electron chi connectivity index (χ0n) is 53.1. The maximum Gasteiger partial charge on any atom is 0.262 e. The lowest BCUT2D eigenvalue weighted by Gasteiger charge is -2.45. The van der Waals surface area contributed by atoms with Gasteiger partial charge in [-0.25, -0.2) is 34.8 Å². The van der Waals surface area contributed by atoms with Crippen LogP contribution in [0.25, 0.3) is 11.1 Å². The fraction of sp³-hybridized carbons (Fsp3) is 0.400. The molecule has 6 aliphatic carbocycles. The molecule has 2 unspecified atom stereocenters. The molecular weight excluding hydrogens is 1290 g/mol. The van der Waals surface area contributed by atoms with E-state index in [0.717, 1.165) is 133 Å². The molecule has 0 bridgehead atoms. The number of nitrogens with zero attached hydrogens (tertiary/aromatic N) is 9. The van der Waals surface area contributed by atoms with Gasteiger partial charge in [-0.3, -0.25) is 19.7 Å². The van der Waals surface area contributed by atoms with Crippen molar-refractivity contribution in [3.63, 3.8) is 0 Å². The predicted molar refractivity (Wildman–Crippen MR) is 367 cm³/mol. The zero-order chi connectivity index (χ0) is 64.3. The summed E-state index contributed by atoms with van der Waals surface area (Å²) in [6.07, 6.45) is 22.8. The van der Waals surface area contributed by atoms with Crippen molar-refractivity contribution < 1.29 is 19.2 Å². The fourth-order valence-corrected chi connectivity index (χ4v) is 18.3. The Hall–Kier alpha value is -7.79. The standard InChI is InChI=1S/C30H30N4O.C23H26BrN3O.C22H24BrN5O2/c1-34-28(32)33-30(35-34)27-18-25(24-9-5-8-23(17-24)20-31)10-11-26(27)19-29(30)14-12-22(13-15-29)16-21-6-3-2-4-7-21;1-27-21(25)26-23(28-27)20-14-19(24)8-7-18(20)15-22(23)11-9-17(10-12-22)13-16-5-3-2-4-6-16;1-30-17-4-6-21(7-5-17)11-14-2-3-15(23)10-18(14)22(21)19(29)28(20(24)27-22)13-16-12-25-8-9-26-16/h2-11,17-18,22H,12-16,19H2,1H3,(H2,32,33);2-8,14,17H,9-13,15H2,1H3,(H2,25,26);2-3,8-10,12,17H,4-7,11,13H2,1H3,(H2,24,27)/t;;17?,21?,22-/m..0/s1. The molecule has 6 aromatic carbocycles. The molecule has 4 heterocycles. The van der Waals surface area contributed by atoms with Crippen LogP contribution in [0.4, 0.5) is 0 Å². The number of nitriles is 1. The van der Waals surface area contributed by atoms with Crippen LogP contribution in [0.15, 0.2) is 182 Å². The number of aromatic nitrogens is 2.